The van der Waals surface area contributed by atoms with Gasteiger partial charge in [-0.1, -0.05) is 42.0 Å². The van der Waals surface area contributed by atoms with E-state index in [1.54, 1.807) is 42.5 Å². The fraction of sp³-hybridized carbons (Fsp3) is 0.130. The van der Waals surface area contributed by atoms with Crippen LogP contribution in [0.2, 0.25) is 0 Å². The number of likely N-dealkylation sites (tertiary alicyclic amines) is 1. The first-order valence-electron chi connectivity index (χ1n) is 9.49. The van der Waals surface area contributed by atoms with Crippen LogP contribution in [0.1, 0.15) is 28.5 Å². The van der Waals surface area contributed by atoms with Gasteiger partial charge in [0.2, 0.25) is 0 Å². The first-order valence-corrected chi connectivity index (χ1v) is 9.49. The van der Waals surface area contributed by atoms with Crippen molar-refractivity contribution >= 4 is 23.1 Å². The topological polar surface area (TPSA) is 114 Å². The van der Waals surface area contributed by atoms with E-state index in [0.29, 0.717) is 11.3 Å². The summed E-state index contributed by atoms with van der Waals surface area (Å²) >= 11 is 0. The van der Waals surface area contributed by atoms with Gasteiger partial charge in [-0.25, -0.2) is 0 Å². The van der Waals surface area contributed by atoms with E-state index in [-0.39, 0.29) is 29.1 Å². The summed E-state index contributed by atoms with van der Waals surface area (Å²) in [5.74, 6) is -1.76. The number of aliphatic hydroxyl groups excluding tert-OH is 1. The van der Waals surface area contributed by atoms with Crippen LogP contribution in [0.15, 0.2) is 76.9 Å². The van der Waals surface area contributed by atoms with E-state index in [9.17, 15) is 24.8 Å². The number of aryl methyl sites for hydroxylation is 1. The summed E-state index contributed by atoms with van der Waals surface area (Å²) in [4.78, 5) is 38.2. The first kappa shape index (κ1) is 20.1. The lowest BCUT2D eigenvalue weighted by Gasteiger charge is -2.24. The molecule has 4 rings (SSSR count). The molecular weight excluding hydrogens is 400 g/mol. The summed E-state index contributed by atoms with van der Waals surface area (Å²) in [6.07, 6.45) is 1.43. The van der Waals surface area contributed by atoms with Gasteiger partial charge in [0.15, 0.2) is 0 Å². The third-order valence-electron chi connectivity index (χ3n) is 5.20. The van der Waals surface area contributed by atoms with E-state index in [0.717, 1.165) is 5.56 Å². The summed E-state index contributed by atoms with van der Waals surface area (Å²) in [6.45, 7) is 1.79. The van der Waals surface area contributed by atoms with Crippen molar-refractivity contribution in [1.82, 2.24) is 4.90 Å². The van der Waals surface area contributed by atoms with Crippen LogP contribution in [0, 0.1) is 17.0 Å². The van der Waals surface area contributed by atoms with Crippen molar-refractivity contribution in [2.75, 3.05) is 0 Å². The quantitative estimate of drug-likeness (QED) is 0.219. The molecule has 156 valence electrons. The second kappa shape index (κ2) is 7.91. The predicted octanol–water partition coefficient (Wildman–Crippen LogP) is 4.12. The summed E-state index contributed by atoms with van der Waals surface area (Å²) < 4.78 is 5.32. The number of amides is 1. The molecular formula is C23H18N2O6. The molecule has 3 aromatic rings. The first-order chi connectivity index (χ1) is 14.9. The molecule has 0 radical (unpaired) electrons. The van der Waals surface area contributed by atoms with Gasteiger partial charge in [0.25, 0.3) is 17.4 Å². The average Bonchev–Trinajstić information content (AvgIpc) is 3.36. The molecule has 1 aliphatic rings. The Morgan fingerprint density at radius 2 is 1.81 bits per heavy atom. The lowest BCUT2D eigenvalue weighted by atomic mass is 9.94. The number of aliphatic hydroxyl groups is 1. The Hall–Kier alpha value is -4.20. The number of carbonyl (C=O) groups excluding carboxylic acids is 2. The summed E-state index contributed by atoms with van der Waals surface area (Å²) in [5.41, 5.74) is 0.963. The van der Waals surface area contributed by atoms with Gasteiger partial charge in [-0.15, -0.1) is 0 Å². The van der Waals surface area contributed by atoms with Crippen molar-refractivity contribution in [2.24, 2.45) is 0 Å². The summed E-state index contributed by atoms with van der Waals surface area (Å²) in [5, 5.41) is 22.7. The molecule has 0 unspecified atom stereocenters. The van der Waals surface area contributed by atoms with Crippen LogP contribution in [0.4, 0.5) is 5.69 Å². The molecule has 1 amide bonds. The number of benzene rings is 2. The van der Waals surface area contributed by atoms with Crippen molar-refractivity contribution in [3.05, 3.63) is 105 Å². The molecule has 2 aromatic carbocycles. The number of para-hydroxylation sites is 1. The van der Waals surface area contributed by atoms with Gasteiger partial charge >= 0.3 is 0 Å². The normalized spacial score (nSPS) is 17.8. The molecule has 0 spiro atoms. The van der Waals surface area contributed by atoms with Gasteiger partial charge in [-0.2, -0.15) is 0 Å². The lowest BCUT2D eigenvalue weighted by molar-refractivity contribution is -0.385. The number of rotatable bonds is 5. The van der Waals surface area contributed by atoms with Crippen LogP contribution in [-0.4, -0.2) is 26.6 Å². The number of ketones is 1. The third kappa shape index (κ3) is 3.59. The van der Waals surface area contributed by atoms with E-state index < -0.39 is 22.7 Å². The van der Waals surface area contributed by atoms with Crippen LogP contribution in [0.25, 0.3) is 5.76 Å². The summed E-state index contributed by atoms with van der Waals surface area (Å²) in [6, 6.07) is 14.8. The Morgan fingerprint density at radius 1 is 1.10 bits per heavy atom. The standard InChI is InChI=1S/C23H18N2O6/c1-14-8-10-15(11-9-14)21(26)19-20(17-6-2-3-7-18(17)25(29)30)24(23(28)22(19)27)13-16-5-4-12-31-16/h2-12,20,26H,13H2,1H3/t20-/m0/s1. The Labute approximate surface area is 177 Å². The van der Waals surface area contributed by atoms with Crippen LogP contribution in [-0.2, 0) is 16.1 Å². The zero-order chi connectivity index (χ0) is 22.1. The predicted molar refractivity (Wildman–Crippen MR) is 111 cm³/mol. The molecule has 2 heterocycles. The second-order valence-electron chi connectivity index (χ2n) is 7.19. The van der Waals surface area contributed by atoms with Crippen LogP contribution >= 0.6 is 0 Å². The number of furan rings is 1. The van der Waals surface area contributed by atoms with Gasteiger partial charge in [0, 0.05) is 11.6 Å². The SMILES string of the molecule is Cc1ccc(C(O)=C2C(=O)C(=O)N(Cc3ccco3)[C@H]2c2ccccc2[N+](=O)[O-])cc1. The molecule has 8 heteroatoms. The zero-order valence-electron chi connectivity index (χ0n) is 16.5. The number of nitro groups is 1. The molecule has 1 saturated heterocycles. The molecule has 0 saturated carbocycles. The minimum absolute atomic E-state index is 0.0844. The highest BCUT2D eigenvalue weighted by molar-refractivity contribution is 6.46. The highest BCUT2D eigenvalue weighted by Gasteiger charge is 2.48. The van der Waals surface area contributed by atoms with Gasteiger partial charge in [0.1, 0.15) is 11.5 Å². The minimum Gasteiger partial charge on any atom is -0.507 e. The number of carbonyl (C=O) groups is 2. The summed E-state index contributed by atoms with van der Waals surface area (Å²) in [7, 11) is 0. The molecule has 31 heavy (non-hydrogen) atoms. The smallest absolute Gasteiger partial charge is 0.296 e. The molecule has 1 aliphatic heterocycles. The zero-order valence-corrected chi connectivity index (χ0v) is 16.5. The van der Waals surface area contributed by atoms with Crippen molar-refractivity contribution in [3.63, 3.8) is 0 Å². The van der Waals surface area contributed by atoms with Gasteiger partial charge in [0.05, 0.1) is 34.9 Å². The van der Waals surface area contributed by atoms with E-state index in [1.807, 2.05) is 6.92 Å². The molecule has 1 fully saturated rings. The molecule has 1 N–H and O–H groups in total. The van der Waals surface area contributed by atoms with Crippen molar-refractivity contribution in [2.45, 2.75) is 19.5 Å². The molecule has 1 aromatic heterocycles. The van der Waals surface area contributed by atoms with Crippen LogP contribution < -0.4 is 0 Å². The highest BCUT2D eigenvalue weighted by Crippen LogP contribution is 2.43. The Bertz CT molecular complexity index is 1200. The fourth-order valence-corrected chi connectivity index (χ4v) is 3.69. The third-order valence-corrected chi connectivity index (χ3v) is 5.20. The second-order valence-corrected chi connectivity index (χ2v) is 7.19. The van der Waals surface area contributed by atoms with E-state index in [4.69, 9.17) is 4.42 Å². The molecule has 8 nitrogen and oxygen atoms in total. The van der Waals surface area contributed by atoms with Crippen molar-refractivity contribution < 1.29 is 24.0 Å². The van der Waals surface area contributed by atoms with E-state index in [2.05, 4.69) is 0 Å². The number of nitro benzene ring substituents is 1. The Balaban J connectivity index is 1.93. The van der Waals surface area contributed by atoms with Gasteiger partial charge < -0.3 is 14.4 Å². The lowest BCUT2D eigenvalue weighted by Crippen LogP contribution is -2.29. The van der Waals surface area contributed by atoms with Crippen molar-refractivity contribution in [1.29, 1.82) is 0 Å². The Morgan fingerprint density at radius 3 is 2.45 bits per heavy atom. The van der Waals surface area contributed by atoms with Gasteiger partial charge in [-0.05, 0) is 25.1 Å². The minimum atomic E-state index is -1.15. The van der Waals surface area contributed by atoms with Gasteiger partial charge in [-0.3, -0.25) is 19.7 Å². The average molecular weight is 418 g/mol. The molecule has 0 aliphatic carbocycles. The molecule has 1 atom stereocenters. The van der Waals surface area contributed by atoms with E-state index in [1.165, 1.54) is 29.4 Å². The van der Waals surface area contributed by atoms with Crippen LogP contribution in [0.3, 0.4) is 0 Å². The number of Topliss-reactive ketones (excluding diaryl/α,β-unsaturated/α-hetero) is 1. The maximum atomic E-state index is 13.0. The number of hydrogen-bond donors (Lipinski definition) is 1. The monoisotopic (exact) mass is 418 g/mol. The van der Waals surface area contributed by atoms with Crippen molar-refractivity contribution in [3.8, 4) is 0 Å². The maximum Gasteiger partial charge on any atom is 0.296 e. The number of nitrogens with zero attached hydrogens (tertiary/aromatic N) is 2. The highest BCUT2D eigenvalue weighted by atomic mass is 16.6. The van der Waals surface area contributed by atoms with Crippen LogP contribution in [0.5, 0.6) is 0 Å². The number of hydrogen-bond acceptors (Lipinski definition) is 6. The fourth-order valence-electron chi connectivity index (χ4n) is 3.69. The maximum absolute atomic E-state index is 13.0. The largest absolute Gasteiger partial charge is 0.507 e. The van der Waals surface area contributed by atoms with E-state index >= 15 is 0 Å². The molecule has 0 bridgehead atoms. The Kier molecular flexibility index (Phi) is 5.12.